The fourth-order valence-corrected chi connectivity index (χ4v) is 3.07. The molecule has 1 N–H and O–H groups in total. The van der Waals surface area contributed by atoms with Gasteiger partial charge in [-0.3, -0.25) is 0 Å². The topological polar surface area (TPSA) is 12.0 Å². The van der Waals surface area contributed by atoms with E-state index in [2.05, 4.69) is 12.2 Å². The van der Waals surface area contributed by atoms with Crippen molar-refractivity contribution >= 4 is 0 Å². The van der Waals surface area contributed by atoms with Gasteiger partial charge in [0.1, 0.15) is 5.82 Å². The van der Waals surface area contributed by atoms with Gasteiger partial charge in [0.05, 0.1) is 0 Å². The van der Waals surface area contributed by atoms with E-state index in [1.54, 1.807) is 6.07 Å². The van der Waals surface area contributed by atoms with Crippen molar-refractivity contribution in [3.8, 4) is 0 Å². The Morgan fingerprint density at radius 3 is 2.88 bits per heavy atom. The van der Waals surface area contributed by atoms with E-state index in [1.165, 1.54) is 25.3 Å². The molecule has 0 amide bonds. The van der Waals surface area contributed by atoms with Crippen LogP contribution in [-0.2, 0) is 6.42 Å². The molecule has 0 heterocycles. The molecule has 1 aliphatic rings. The average molecular weight is 235 g/mol. The molecule has 17 heavy (non-hydrogen) atoms. The highest BCUT2D eigenvalue weighted by Gasteiger charge is 2.27. The lowest BCUT2D eigenvalue weighted by atomic mass is 9.76. The maximum absolute atomic E-state index is 13.2. The summed E-state index contributed by atoms with van der Waals surface area (Å²) in [5.74, 6) is 1.33. The lowest BCUT2D eigenvalue weighted by Crippen LogP contribution is -2.39. The highest BCUT2D eigenvalue weighted by atomic mass is 19.1. The molecule has 1 saturated carbocycles. The molecule has 3 unspecified atom stereocenters. The zero-order chi connectivity index (χ0) is 12.3. The molecule has 1 nitrogen and oxygen atoms in total. The Bertz CT molecular complexity index is 364. The van der Waals surface area contributed by atoms with Crippen molar-refractivity contribution in [2.24, 2.45) is 11.8 Å². The van der Waals surface area contributed by atoms with E-state index in [0.29, 0.717) is 12.0 Å². The molecule has 2 heteroatoms. The van der Waals surface area contributed by atoms with Crippen LogP contribution in [0, 0.1) is 17.7 Å². The SMILES string of the molecule is CNC1CCC(C)CC1Cc1cccc(F)c1. The lowest BCUT2D eigenvalue weighted by molar-refractivity contribution is 0.220. The van der Waals surface area contributed by atoms with Crippen LogP contribution in [0.15, 0.2) is 24.3 Å². The van der Waals surface area contributed by atoms with Gasteiger partial charge in [-0.05, 0) is 62.3 Å². The first-order chi connectivity index (χ1) is 8.19. The normalized spacial score (nSPS) is 29.2. The predicted octanol–water partition coefficient (Wildman–Crippen LogP) is 3.39. The number of hydrogen-bond acceptors (Lipinski definition) is 1. The quantitative estimate of drug-likeness (QED) is 0.846. The molecule has 1 aliphatic carbocycles. The summed E-state index contributed by atoms with van der Waals surface area (Å²) in [7, 11) is 2.04. The van der Waals surface area contributed by atoms with E-state index in [0.717, 1.165) is 17.9 Å². The van der Waals surface area contributed by atoms with Crippen molar-refractivity contribution in [3.63, 3.8) is 0 Å². The van der Waals surface area contributed by atoms with Crippen molar-refractivity contribution in [3.05, 3.63) is 35.6 Å². The molecular formula is C15H22FN. The summed E-state index contributed by atoms with van der Waals surface area (Å²) in [6.07, 6.45) is 4.80. The highest BCUT2D eigenvalue weighted by Crippen LogP contribution is 2.31. The van der Waals surface area contributed by atoms with Crippen LogP contribution in [-0.4, -0.2) is 13.1 Å². The molecule has 1 fully saturated rings. The molecule has 1 aromatic rings. The largest absolute Gasteiger partial charge is 0.317 e. The Hall–Kier alpha value is -0.890. The molecule has 2 rings (SSSR count). The van der Waals surface area contributed by atoms with Crippen LogP contribution in [0.2, 0.25) is 0 Å². The van der Waals surface area contributed by atoms with Crippen LogP contribution in [0.4, 0.5) is 4.39 Å². The Labute approximate surface area is 103 Å². The zero-order valence-electron chi connectivity index (χ0n) is 10.7. The molecule has 0 aromatic heterocycles. The van der Waals surface area contributed by atoms with E-state index >= 15 is 0 Å². The van der Waals surface area contributed by atoms with Gasteiger partial charge in [0.15, 0.2) is 0 Å². The van der Waals surface area contributed by atoms with Gasteiger partial charge in [-0.2, -0.15) is 0 Å². The number of benzene rings is 1. The minimum atomic E-state index is -0.118. The maximum atomic E-state index is 13.2. The molecule has 0 bridgehead atoms. The van der Waals surface area contributed by atoms with Crippen molar-refractivity contribution in [2.45, 2.75) is 38.6 Å². The Morgan fingerprint density at radius 1 is 1.35 bits per heavy atom. The minimum absolute atomic E-state index is 0.118. The first-order valence-corrected chi connectivity index (χ1v) is 6.60. The predicted molar refractivity (Wildman–Crippen MR) is 69.5 cm³/mol. The summed E-state index contributed by atoms with van der Waals surface area (Å²) in [5, 5.41) is 3.42. The summed E-state index contributed by atoms with van der Waals surface area (Å²) >= 11 is 0. The zero-order valence-corrected chi connectivity index (χ0v) is 10.7. The summed E-state index contributed by atoms with van der Waals surface area (Å²) in [6.45, 7) is 2.32. The van der Waals surface area contributed by atoms with E-state index in [1.807, 2.05) is 19.2 Å². The molecule has 0 saturated heterocycles. The van der Waals surface area contributed by atoms with Crippen molar-refractivity contribution in [2.75, 3.05) is 7.05 Å². The molecule has 94 valence electrons. The molecule has 0 aliphatic heterocycles. The van der Waals surface area contributed by atoms with Crippen molar-refractivity contribution < 1.29 is 4.39 Å². The smallest absolute Gasteiger partial charge is 0.123 e. The fourth-order valence-electron chi connectivity index (χ4n) is 3.07. The Kier molecular flexibility index (Phi) is 4.16. The first-order valence-electron chi connectivity index (χ1n) is 6.60. The maximum Gasteiger partial charge on any atom is 0.123 e. The van der Waals surface area contributed by atoms with Gasteiger partial charge in [0.25, 0.3) is 0 Å². The third kappa shape index (κ3) is 3.29. The second-order valence-electron chi connectivity index (χ2n) is 5.41. The second-order valence-corrected chi connectivity index (χ2v) is 5.41. The fraction of sp³-hybridized carbons (Fsp3) is 0.600. The van der Waals surface area contributed by atoms with Gasteiger partial charge in [-0.25, -0.2) is 4.39 Å². The van der Waals surface area contributed by atoms with Crippen LogP contribution in [0.5, 0.6) is 0 Å². The minimum Gasteiger partial charge on any atom is -0.317 e. The number of halogens is 1. The van der Waals surface area contributed by atoms with Gasteiger partial charge in [0.2, 0.25) is 0 Å². The summed E-state index contributed by atoms with van der Waals surface area (Å²) in [4.78, 5) is 0. The lowest BCUT2D eigenvalue weighted by Gasteiger charge is -2.35. The van der Waals surface area contributed by atoms with Crippen LogP contribution < -0.4 is 5.32 Å². The summed E-state index contributed by atoms with van der Waals surface area (Å²) in [5.41, 5.74) is 1.13. The third-order valence-corrected chi connectivity index (χ3v) is 4.00. The van der Waals surface area contributed by atoms with Crippen LogP contribution in [0.1, 0.15) is 31.7 Å². The summed E-state index contributed by atoms with van der Waals surface area (Å²) in [6, 6.07) is 7.63. The monoisotopic (exact) mass is 235 g/mol. The standard InChI is InChI=1S/C15H22FN/c1-11-6-7-15(17-2)13(8-11)9-12-4-3-5-14(16)10-12/h3-5,10-11,13,15,17H,6-9H2,1-2H3. The van der Waals surface area contributed by atoms with Gasteiger partial charge in [-0.15, -0.1) is 0 Å². The van der Waals surface area contributed by atoms with Crippen LogP contribution in [0.3, 0.4) is 0 Å². The van der Waals surface area contributed by atoms with E-state index in [4.69, 9.17) is 0 Å². The van der Waals surface area contributed by atoms with E-state index in [9.17, 15) is 4.39 Å². The molecular weight excluding hydrogens is 213 g/mol. The first kappa shape index (κ1) is 12.6. The number of rotatable bonds is 3. The summed E-state index contributed by atoms with van der Waals surface area (Å²) < 4.78 is 13.2. The van der Waals surface area contributed by atoms with Crippen molar-refractivity contribution in [1.29, 1.82) is 0 Å². The molecule has 0 spiro atoms. The van der Waals surface area contributed by atoms with Crippen LogP contribution in [0.25, 0.3) is 0 Å². The Morgan fingerprint density at radius 2 is 2.18 bits per heavy atom. The Balaban J connectivity index is 2.04. The molecule has 1 aromatic carbocycles. The van der Waals surface area contributed by atoms with Gasteiger partial charge >= 0.3 is 0 Å². The van der Waals surface area contributed by atoms with Gasteiger partial charge < -0.3 is 5.32 Å². The van der Waals surface area contributed by atoms with Crippen LogP contribution >= 0.6 is 0 Å². The van der Waals surface area contributed by atoms with E-state index < -0.39 is 0 Å². The average Bonchev–Trinajstić information content (AvgIpc) is 2.29. The highest BCUT2D eigenvalue weighted by molar-refractivity contribution is 5.17. The van der Waals surface area contributed by atoms with E-state index in [-0.39, 0.29) is 5.82 Å². The van der Waals surface area contributed by atoms with Gasteiger partial charge in [0, 0.05) is 6.04 Å². The molecule has 3 atom stereocenters. The number of nitrogens with one attached hydrogen (secondary N) is 1. The number of hydrogen-bond donors (Lipinski definition) is 1. The third-order valence-electron chi connectivity index (χ3n) is 4.00. The molecule has 0 radical (unpaired) electrons. The van der Waals surface area contributed by atoms with Crippen molar-refractivity contribution in [1.82, 2.24) is 5.32 Å². The second kappa shape index (κ2) is 5.63. The van der Waals surface area contributed by atoms with Gasteiger partial charge in [-0.1, -0.05) is 19.1 Å².